The van der Waals surface area contributed by atoms with Crippen molar-refractivity contribution in [3.8, 4) is 0 Å². The number of likely N-dealkylation sites (N-methyl/N-ethyl adjacent to an activating group) is 1. The lowest BCUT2D eigenvalue weighted by atomic mass is 10.1. The lowest BCUT2D eigenvalue weighted by Crippen LogP contribution is -3.19. The number of carbonyl (C=O) groups excluding carboxylic acids is 1. The second kappa shape index (κ2) is 8.72. The van der Waals surface area contributed by atoms with Gasteiger partial charge in [0.15, 0.2) is 6.04 Å². The van der Waals surface area contributed by atoms with Gasteiger partial charge in [-0.25, -0.2) is 4.39 Å². The minimum atomic E-state index is -0.275. The highest BCUT2D eigenvalue weighted by Gasteiger charge is 2.31. The van der Waals surface area contributed by atoms with Gasteiger partial charge in [0.25, 0.3) is 5.91 Å². The zero-order chi connectivity index (χ0) is 19.4. The molecule has 0 aromatic heterocycles. The molecule has 0 unspecified atom stereocenters. The van der Waals surface area contributed by atoms with E-state index < -0.39 is 0 Å². The third-order valence-electron chi connectivity index (χ3n) is 5.27. The largest absolute Gasteiger partial charge is 0.359 e. The Morgan fingerprint density at radius 2 is 1.93 bits per heavy atom. The van der Waals surface area contributed by atoms with Crippen molar-refractivity contribution in [1.82, 2.24) is 4.90 Å². The van der Waals surface area contributed by atoms with Gasteiger partial charge < -0.3 is 14.7 Å². The van der Waals surface area contributed by atoms with Crippen LogP contribution in [0.1, 0.15) is 12.5 Å². The zero-order valence-corrected chi connectivity index (χ0v) is 16.5. The Hall–Kier alpha value is -2.11. The standard InChI is InChI=1S/C21H25ClFN3O/c1-16(21(27)24(2)15-17-6-5-7-18(23)14-17)25-10-12-26(13-11-25)20-9-4-3-8-19(20)22/h3-9,14,16H,10-13,15H2,1-2H3/p+1/t16-/m1/s1. The molecule has 6 heteroatoms. The predicted molar refractivity (Wildman–Crippen MR) is 107 cm³/mol. The Kier molecular flexibility index (Phi) is 6.34. The summed E-state index contributed by atoms with van der Waals surface area (Å²) in [7, 11) is 1.78. The number of amides is 1. The van der Waals surface area contributed by atoms with E-state index >= 15 is 0 Å². The van der Waals surface area contributed by atoms with E-state index in [4.69, 9.17) is 11.6 Å². The summed E-state index contributed by atoms with van der Waals surface area (Å²) >= 11 is 6.30. The number of hydrogen-bond donors (Lipinski definition) is 1. The van der Waals surface area contributed by atoms with Gasteiger partial charge in [-0.05, 0) is 36.8 Å². The van der Waals surface area contributed by atoms with Gasteiger partial charge in [-0.15, -0.1) is 0 Å². The van der Waals surface area contributed by atoms with Crippen molar-refractivity contribution in [2.24, 2.45) is 0 Å². The van der Waals surface area contributed by atoms with Crippen molar-refractivity contribution in [2.75, 3.05) is 38.1 Å². The van der Waals surface area contributed by atoms with Crippen LogP contribution in [0.15, 0.2) is 48.5 Å². The lowest BCUT2D eigenvalue weighted by molar-refractivity contribution is -0.915. The highest BCUT2D eigenvalue weighted by molar-refractivity contribution is 6.33. The van der Waals surface area contributed by atoms with Gasteiger partial charge >= 0.3 is 0 Å². The van der Waals surface area contributed by atoms with Crippen molar-refractivity contribution in [1.29, 1.82) is 0 Å². The van der Waals surface area contributed by atoms with Gasteiger partial charge in [-0.3, -0.25) is 4.79 Å². The Morgan fingerprint density at radius 3 is 2.59 bits per heavy atom. The Labute approximate surface area is 165 Å². The molecule has 2 aromatic rings. The smallest absolute Gasteiger partial charge is 0.280 e. The van der Waals surface area contributed by atoms with E-state index in [9.17, 15) is 9.18 Å². The van der Waals surface area contributed by atoms with Crippen LogP contribution < -0.4 is 9.80 Å². The van der Waals surface area contributed by atoms with Crippen LogP contribution in [0.25, 0.3) is 0 Å². The Bertz CT molecular complexity index is 793. The molecule has 3 rings (SSSR count). The molecular weight excluding hydrogens is 365 g/mol. The van der Waals surface area contributed by atoms with Crippen LogP contribution >= 0.6 is 11.6 Å². The molecule has 1 heterocycles. The van der Waals surface area contributed by atoms with Gasteiger partial charge in [0, 0.05) is 13.6 Å². The van der Waals surface area contributed by atoms with Gasteiger partial charge in [0.1, 0.15) is 5.82 Å². The van der Waals surface area contributed by atoms with Gasteiger partial charge in [-0.1, -0.05) is 35.9 Å². The number of piperazine rings is 1. The second-order valence-corrected chi connectivity index (χ2v) is 7.55. The van der Waals surface area contributed by atoms with E-state index in [-0.39, 0.29) is 17.8 Å². The van der Waals surface area contributed by atoms with Crippen molar-refractivity contribution in [3.05, 3.63) is 64.9 Å². The maximum Gasteiger partial charge on any atom is 0.280 e. The number of nitrogens with one attached hydrogen (secondary N) is 1. The summed E-state index contributed by atoms with van der Waals surface area (Å²) < 4.78 is 13.4. The molecule has 27 heavy (non-hydrogen) atoms. The molecule has 1 fully saturated rings. The number of quaternary nitrogens is 1. The summed E-state index contributed by atoms with van der Waals surface area (Å²) in [6.07, 6.45) is 0. The van der Waals surface area contributed by atoms with Gasteiger partial charge in [0.05, 0.1) is 36.9 Å². The average Bonchev–Trinajstić information content (AvgIpc) is 2.67. The quantitative estimate of drug-likeness (QED) is 0.848. The number of halogens is 2. The fourth-order valence-electron chi connectivity index (χ4n) is 3.67. The fraction of sp³-hybridized carbons (Fsp3) is 0.381. The molecule has 1 aliphatic rings. The number of anilines is 1. The molecule has 2 aromatic carbocycles. The third kappa shape index (κ3) is 4.79. The molecule has 1 amide bonds. The first-order valence-electron chi connectivity index (χ1n) is 9.29. The topological polar surface area (TPSA) is 28.0 Å². The molecule has 144 valence electrons. The van der Waals surface area contributed by atoms with E-state index in [1.54, 1.807) is 18.0 Å². The molecule has 0 radical (unpaired) electrons. The molecule has 1 atom stereocenters. The van der Waals surface area contributed by atoms with Crippen LogP contribution in [0.4, 0.5) is 10.1 Å². The van der Waals surface area contributed by atoms with E-state index in [2.05, 4.69) is 4.90 Å². The second-order valence-electron chi connectivity index (χ2n) is 7.14. The summed E-state index contributed by atoms with van der Waals surface area (Å²) in [6.45, 7) is 5.89. The zero-order valence-electron chi connectivity index (χ0n) is 15.8. The van der Waals surface area contributed by atoms with Crippen LogP contribution in [0, 0.1) is 5.82 Å². The Balaban J connectivity index is 1.56. The summed E-state index contributed by atoms with van der Waals surface area (Å²) in [6, 6.07) is 14.1. The molecule has 0 spiro atoms. The monoisotopic (exact) mass is 390 g/mol. The van der Waals surface area contributed by atoms with Gasteiger partial charge in [0.2, 0.25) is 0 Å². The number of nitrogens with zero attached hydrogens (tertiary/aromatic N) is 2. The van der Waals surface area contributed by atoms with Crippen molar-refractivity contribution < 1.29 is 14.1 Å². The summed E-state index contributed by atoms with van der Waals surface area (Å²) in [5.41, 5.74) is 1.86. The molecule has 1 saturated heterocycles. The van der Waals surface area contributed by atoms with Crippen LogP contribution in [0.2, 0.25) is 5.02 Å². The lowest BCUT2D eigenvalue weighted by Gasteiger charge is -2.37. The first-order chi connectivity index (χ1) is 13.0. The number of hydrogen-bond acceptors (Lipinski definition) is 2. The molecule has 4 nitrogen and oxygen atoms in total. The van der Waals surface area contributed by atoms with E-state index in [0.29, 0.717) is 6.54 Å². The first kappa shape index (κ1) is 19.6. The highest BCUT2D eigenvalue weighted by atomic mass is 35.5. The van der Waals surface area contributed by atoms with Crippen LogP contribution in [-0.4, -0.2) is 50.1 Å². The maximum atomic E-state index is 13.4. The third-order valence-corrected chi connectivity index (χ3v) is 5.59. The van der Waals surface area contributed by atoms with E-state index in [1.807, 2.05) is 37.3 Å². The summed E-state index contributed by atoms with van der Waals surface area (Å²) in [4.78, 5) is 18.1. The molecule has 0 aliphatic carbocycles. The minimum Gasteiger partial charge on any atom is -0.359 e. The SMILES string of the molecule is C[C@H](C(=O)N(C)Cc1cccc(F)c1)[NH+]1CCN(c2ccccc2Cl)CC1. The molecular formula is C21H26ClFN3O+. The summed E-state index contributed by atoms with van der Waals surface area (Å²) in [5, 5.41) is 0.764. The van der Waals surface area contributed by atoms with E-state index in [0.717, 1.165) is 42.5 Å². The maximum absolute atomic E-state index is 13.4. The molecule has 0 saturated carbocycles. The molecule has 1 aliphatic heterocycles. The van der Waals surface area contributed by atoms with E-state index in [1.165, 1.54) is 17.0 Å². The molecule has 1 N–H and O–H groups in total. The number of benzene rings is 2. The number of carbonyl (C=O) groups is 1. The van der Waals surface area contributed by atoms with Crippen LogP contribution in [0.5, 0.6) is 0 Å². The van der Waals surface area contributed by atoms with Crippen molar-refractivity contribution >= 4 is 23.2 Å². The molecule has 0 bridgehead atoms. The normalized spacial score (nSPS) is 16.2. The van der Waals surface area contributed by atoms with Gasteiger partial charge in [-0.2, -0.15) is 0 Å². The fourth-order valence-corrected chi connectivity index (χ4v) is 3.92. The first-order valence-corrected chi connectivity index (χ1v) is 9.67. The predicted octanol–water partition coefficient (Wildman–Crippen LogP) is 2.23. The average molecular weight is 391 g/mol. The minimum absolute atomic E-state index is 0.0838. The number of rotatable bonds is 5. The van der Waals surface area contributed by atoms with Crippen LogP contribution in [-0.2, 0) is 11.3 Å². The van der Waals surface area contributed by atoms with Crippen LogP contribution in [0.3, 0.4) is 0 Å². The van der Waals surface area contributed by atoms with Crippen molar-refractivity contribution in [3.63, 3.8) is 0 Å². The Morgan fingerprint density at radius 1 is 1.22 bits per heavy atom. The van der Waals surface area contributed by atoms with Crippen molar-refractivity contribution in [2.45, 2.75) is 19.5 Å². The summed E-state index contributed by atoms with van der Waals surface area (Å²) in [5.74, 6) is -0.192. The number of para-hydroxylation sites is 1. The highest BCUT2D eigenvalue weighted by Crippen LogP contribution is 2.24.